The van der Waals surface area contributed by atoms with Crippen molar-refractivity contribution in [3.8, 4) is 0 Å². The number of anilines is 1. The Morgan fingerprint density at radius 2 is 2.57 bits per heavy atom. The van der Waals surface area contributed by atoms with Crippen LogP contribution in [0.3, 0.4) is 0 Å². The molecular formula is C10H14ClNOS. The maximum atomic E-state index is 6.02. The van der Waals surface area contributed by atoms with Crippen molar-refractivity contribution in [1.29, 1.82) is 0 Å². The summed E-state index contributed by atoms with van der Waals surface area (Å²) in [4.78, 5) is 0. The second-order valence-electron chi connectivity index (χ2n) is 3.66. The molecule has 0 spiro atoms. The third-order valence-corrected chi connectivity index (χ3v) is 3.84. The largest absolute Gasteiger partial charge is 0.381 e. The van der Waals surface area contributed by atoms with Crippen LogP contribution in [-0.4, -0.2) is 19.3 Å². The number of thiophene rings is 1. The molecule has 1 aromatic rings. The molecule has 4 heteroatoms. The molecule has 0 bridgehead atoms. The van der Waals surface area contributed by atoms with Gasteiger partial charge in [-0.15, -0.1) is 11.3 Å². The van der Waals surface area contributed by atoms with Crippen molar-refractivity contribution in [2.75, 3.05) is 18.5 Å². The molecule has 1 saturated heterocycles. The highest BCUT2D eigenvalue weighted by atomic mass is 35.5. The molecule has 14 heavy (non-hydrogen) atoms. The lowest BCUT2D eigenvalue weighted by Crippen LogP contribution is -2.25. The summed E-state index contributed by atoms with van der Waals surface area (Å²) in [6.07, 6.45) is 1.15. The predicted molar refractivity (Wildman–Crippen MR) is 61.3 cm³/mol. The van der Waals surface area contributed by atoms with Gasteiger partial charge >= 0.3 is 0 Å². The average Bonchev–Trinajstić information content (AvgIpc) is 2.77. The zero-order chi connectivity index (χ0) is 9.97. The number of halogens is 1. The maximum Gasteiger partial charge on any atom is 0.116 e. The van der Waals surface area contributed by atoms with Crippen LogP contribution in [0.5, 0.6) is 0 Å². The Kier molecular flexibility index (Phi) is 3.31. The molecule has 1 aliphatic heterocycles. The number of hydrogen-bond donors (Lipinski definition) is 1. The minimum atomic E-state index is 0.435. The quantitative estimate of drug-likeness (QED) is 0.863. The Morgan fingerprint density at radius 3 is 3.14 bits per heavy atom. The van der Waals surface area contributed by atoms with E-state index in [4.69, 9.17) is 16.3 Å². The highest BCUT2D eigenvalue weighted by Gasteiger charge is 2.22. The first-order valence-electron chi connectivity index (χ1n) is 4.84. The Bertz CT molecular complexity index is 296. The fourth-order valence-corrected chi connectivity index (χ4v) is 2.56. The van der Waals surface area contributed by atoms with Gasteiger partial charge in [-0.25, -0.2) is 0 Å². The lowest BCUT2D eigenvalue weighted by molar-refractivity contribution is 0.183. The van der Waals surface area contributed by atoms with Crippen LogP contribution >= 0.6 is 22.9 Å². The first kappa shape index (κ1) is 10.3. The van der Waals surface area contributed by atoms with E-state index in [1.54, 1.807) is 11.3 Å². The molecule has 2 atom stereocenters. The molecule has 2 heterocycles. The summed E-state index contributed by atoms with van der Waals surface area (Å²) in [6.45, 7) is 3.96. The topological polar surface area (TPSA) is 21.3 Å². The highest BCUT2D eigenvalue weighted by Crippen LogP contribution is 2.30. The summed E-state index contributed by atoms with van der Waals surface area (Å²) >= 11 is 7.58. The van der Waals surface area contributed by atoms with E-state index in [1.807, 2.05) is 11.4 Å². The first-order valence-corrected chi connectivity index (χ1v) is 6.10. The third-order valence-electron chi connectivity index (χ3n) is 2.67. The SMILES string of the molecule is CC(Nc1ccsc1Cl)C1CCOC1. The van der Waals surface area contributed by atoms with Crippen LogP contribution in [0.15, 0.2) is 11.4 Å². The zero-order valence-corrected chi connectivity index (χ0v) is 9.70. The van der Waals surface area contributed by atoms with Gasteiger partial charge in [-0.3, -0.25) is 0 Å². The van der Waals surface area contributed by atoms with E-state index in [0.29, 0.717) is 12.0 Å². The van der Waals surface area contributed by atoms with Crippen molar-refractivity contribution in [1.82, 2.24) is 0 Å². The molecule has 0 aromatic carbocycles. The van der Waals surface area contributed by atoms with Crippen molar-refractivity contribution in [3.63, 3.8) is 0 Å². The molecule has 1 aliphatic rings. The Hall–Kier alpha value is -0.250. The number of nitrogens with one attached hydrogen (secondary N) is 1. The van der Waals surface area contributed by atoms with Crippen molar-refractivity contribution in [2.45, 2.75) is 19.4 Å². The van der Waals surface area contributed by atoms with Gasteiger partial charge in [0, 0.05) is 18.6 Å². The molecule has 1 aromatic heterocycles. The van der Waals surface area contributed by atoms with Gasteiger partial charge in [-0.1, -0.05) is 11.6 Å². The van der Waals surface area contributed by atoms with Crippen LogP contribution < -0.4 is 5.32 Å². The zero-order valence-electron chi connectivity index (χ0n) is 8.13. The minimum absolute atomic E-state index is 0.435. The summed E-state index contributed by atoms with van der Waals surface area (Å²) in [5, 5.41) is 5.43. The van der Waals surface area contributed by atoms with Gasteiger partial charge in [0.05, 0.1) is 12.3 Å². The molecule has 1 fully saturated rings. The van der Waals surface area contributed by atoms with Crippen LogP contribution in [0.1, 0.15) is 13.3 Å². The van der Waals surface area contributed by atoms with Crippen LogP contribution in [0.2, 0.25) is 4.34 Å². The molecular weight excluding hydrogens is 218 g/mol. The summed E-state index contributed by atoms with van der Waals surface area (Å²) in [6, 6.07) is 2.46. The van der Waals surface area contributed by atoms with Crippen LogP contribution in [0.25, 0.3) is 0 Å². The molecule has 2 nitrogen and oxygen atoms in total. The van der Waals surface area contributed by atoms with E-state index in [-0.39, 0.29) is 0 Å². The fraction of sp³-hybridized carbons (Fsp3) is 0.600. The minimum Gasteiger partial charge on any atom is -0.381 e. The van der Waals surface area contributed by atoms with E-state index in [9.17, 15) is 0 Å². The highest BCUT2D eigenvalue weighted by molar-refractivity contribution is 7.15. The van der Waals surface area contributed by atoms with Gasteiger partial charge in [-0.2, -0.15) is 0 Å². The maximum absolute atomic E-state index is 6.02. The van der Waals surface area contributed by atoms with Gasteiger partial charge in [0.25, 0.3) is 0 Å². The molecule has 2 rings (SSSR count). The number of hydrogen-bond acceptors (Lipinski definition) is 3. The lowest BCUT2D eigenvalue weighted by Gasteiger charge is -2.19. The third kappa shape index (κ3) is 2.22. The van der Waals surface area contributed by atoms with E-state index in [2.05, 4.69) is 12.2 Å². The molecule has 78 valence electrons. The molecule has 0 radical (unpaired) electrons. The van der Waals surface area contributed by atoms with Crippen molar-refractivity contribution in [2.24, 2.45) is 5.92 Å². The van der Waals surface area contributed by atoms with Crippen molar-refractivity contribution < 1.29 is 4.74 Å². The summed E-state index contributed by atoms with van der Waals surface area (Å²) in [5.41, 5.74) is 1.05. The summed E-state index contributed by atoms with van der Waals surface area (Å²) in [5.74, 6) is 0.617. The van der Waals surface area contributed by atoms with Gasteiger partial charge in [0.2, 0.25) is 0 Å². The Labute approximate surface area is 93.2 Å². The number of ether oxygens (including phenoxy) is 1. The second-order valence-corrected chi connectivity index (χ2v) is 5.18. The van der Waals surface area contributed by atoms with E-state index in [0.717, 1.165) is 29.7 Å². The monoisotopic (exact) mass is 231 g/mol. The first-order chi connectivity index (χ1) is 6.77. The molecule has 1 N–H and O–H groups in total. The number of rotatable bonds is 3. The van der Waals surface area contributed by atoms with Crippen LogP contribution in [0, 0.1) is 5.92 Å². The summed E-state index contributed by atoms with van der Waals surface area (Å²) in [7, 11) is 0. The van der Waals surface area contributed by atoms with Gasteiger partial charge < -0.3 is 10.1 Å². The molecule has 2 unspecified atom stereocenters. The smallest absolute Gasteiger partial charge is 0.116 e. The normalized spacial score (nSPS) is 23.7. The average molecular weight is 232 g/mol. The van der Waals surface area contributed by atoms with Crippen LogP contribution in [0.4, 0.5) is 5.69 Å². The van der Waals surface area contributed by atoms with E-state index >= 15 is 0 Å². The predicted octanol–water partition coefficient (Wildman–Crippen LogP) is 3.24. The lowest BCUT2D eigenvalue weighted by atomic mass is 10.0. The Balaban J connectivity index is 1.93. The molecule has 0 aliphatic carbocycles. The van der Waals surface area contributed by atoms with Gasteiger partial charge in [0.1, 0.15) is 4.34 Å². The second kappa shape index (κ2) is 4.51. The van der Waals surface area contributed by atoms with Gasteiger partial charge in [-0.05, 0) is 24.8 Å². The van der Waals surface area contributed by atoms with Crippen LogP contribution in [-0.2, 0) is 4.74 Å². The molecule has 0 amide bonds. The Morgan fingerprint density at radius 1 is 1.71 bits per heavy atom. The van der Waals surface area contributed by atoms with E-state index in [1.165, 1.54) is 0 Å². The van der Waals surface area contributed by atoms with Gasteiger partial charge in [0.15, 0.2) is 0 Å². The van der Waals surface area contributed by atoms with Crippen molar-refractivity contribution >= 4 is 28.6 Å². The van der Waals surface area contributed by atoms with Crippen molar-refractivity contribution in [3.05, 3.63) is 15.8 Å². The van der Waals surface area contributed by atoms with E-state index < -0.39 is 0 Å². The fourth-order valence-electron chi connectivity index (χ4n) is 1.71. The standard InChI is InChI=1S/C10H14ClNOS/c1-7(8-2-4-13-6-8)12-9-3-5-14-10(9)11/h3,5,7-8,12H,2,4,6H2,1H3. The summed E-state index contributed by atoms with van der Waals surface area (Å²) < 4.78 is 6.20. The molecule has 0 saturated carbocycles.